The van der Waals surface area contributed by atoms with E-state index in [1.54, 1.807) is 11.1 Å². The first-order chi connectivity index (χ1) is 10.5. The maximum atomic E-state index is 3.98. The molecule has 1 heteroatoms. The van der Waals surface area contributed by atoms with Gasteiger partial charge in [0.15, 0.2) is 0 Å². The zero-order chi connectivity index (χ0) is 15.6. The Bertz CT molecular complexity index is 491. The fourth-order valence-corrected chi connectivity index (χ4v) is 4.14. The lowest BCUT2D eigenvalue weighted by atomic mass is 9.84. The second-order valence-corrected chi connectivity index (χ2v) is 8.51. The summed E-state index contributed by atoms with van der Waals surface area (Å²) in [4.78, 5) is 0. The molecule has 1 nitrogen and oxygen atoms in total. The Labute approximate surface area is 136 Å². The van der Waals surface area contributed by atoms with E-state index in [4.69, 9.17) is 0 Å². The number of hydrogen-bond donors (Lipinski definition) is 1. The standard InChI is InChI=1S/C21H33N/c1-21(2,3)18-12-9-16-10-13-20(14-11-17(16)15-18)22-19-7-5-4-6-8-19/h9,12,15,19-20,22H,4-8,10-11,13-14H2,1-3H3. The van der Waals surface area contributed by atoms with Crippen LogP contribution < -0.4 is 5.32 Å². The number of fused-ring (bicyclic) bond motifs is 1. The lowest BCUT2D eigenvalue weighted by Gasteiger charge is -2.28. The Balaban J connectivity index is 1.64. The first-order valence-corrected chi connectivity index (χ1v) is 9.41. The van der Waals surface area contributed by atoms with Crippen LogP contribution in [0.5, 0.6) is 0 Å². The molecule has 0 spiro atoms. The summed E-state index contributed by atoms with van der Waals surface area (Å²) in [6.07, 6.45) is 12.3. The van der Waals surface area contributed by atoms with Crippen LogP contribution in [0.3, 0.4) is 0 Å². The van der Waals surface area contributed by atoms with Crippen molar-refractivity contribution in [2.75, 3.05) is 0 Å². The summed E-state index contributed by atoms with van der Waals surface area (Å²) in [5, 5.41) is 3.98. The first-order valence-electron chi connectivity index (χ1n) is 9.41. The summed E-state index contributed by atoms with van der Waals surface area (Å²) in [5.74, 6) is 0. The molecule has 1 atom stereocenters. The molecule has 3 rings (SSSR count). The molecule has 1 fully saturated rings. The molecule has 0 bridgehead atoms. The summed E-state index contributed by atoms with van der Waals surface area (Å²) in [7, 11) is 0. The van der Waals surface area contributed by atoms with Crippen LogP contribution in [0.2, 0.25) is 0 Å². The van der Waals surface area contributed by atoms with Crippen molar-refractivity contribution in [2.24, 2.45) is 0 Å². The minimum atomic E-state index is 0.265. The van der Waals surface area contributed by atoms with Crippen LogP contribution in [0, 0.1) is 0 Å². The summed E-state index contributed by atoms with van der Waals surface area (Å²) < 4.78 is 0. The van der Waals surface area contributed by atoms with Crippen molar-refractivity contribution < 1.29 is 0 Å². The van der Waals surface area contributed by atoms with Crippen LogP contribution in [0.25, 0.3) is 0 Å². The molecule has 1 unspecified atom stereocenters. The smallest absolute Gasteiger partial charge is 0.00759 e. The molecule has 0 saturated heterocycles. The third-order valence-electron chi connectivity index (χ3n) is 5.67. The maximum absolute atomic E-state index is 3.98. The lowest BCUT2D eigenvalue weighted by molar-refractivity contribution is 0.321. The number of rotatable bonds is 2. The van der Waals surface area contributed by atoms with E-state index in [9.17, 15) is 0 Å². The molecule has 2 aliphatic rings. The van der Waals surface area contributed by atoms with Crippen molar-refractivity contribution in [3.63, 3.8) is 0 Å². The SMILES string of the molecule is CC(C)(C)c1ccc2c(c1)CCC(NC1CCCCC1)CC2. The largest absolute Gasteiger partial charge is 0.311 e. The molecule has 0 amide bonds. The molecule has 1 aromatic carbocycles. The van der Waals surface area contributed by atoms with Gasteiger partial charge in [-0.2, -0.15) is 0 Å². The highest BCUT2D eigenvalue weighted by atomic mass is 14.9. The average molecular weight is 300 g/mol. The van der Waals surface area contributed by atoms with E-state index in [0.717, 1.165) is 12.1 Å². The van der Waals surface area contributed by atoms with Crippen molar-refractivity contribution in [1.29, 1.82) is 0 Å². The fraction of sp³-hybridized carbons (Fsp3) is 0.714. The van der Waals surface area contributed by atoms with Gasteiger partial charge in [-0.05, 0) is 60.6 Å². The highest BCUT2D eigenvalue weighted by Crippen LogP contribution is 2.29. The van der Waals surface area contributed by atoms with Crippen molar-refractivity contribution in [3.05, 3.63) is 34.9 Å². The van der Waals surface area contributed by atoms with Gasteiger partial charge in [0.25, 0.3) is 0 Å². The zero-order valence-corrected chi connectivity index (χ0v) is 14.8. The molecular formula is C21H33N. The zero-order valence-electron chi connectivity index (χ0n) is 14.8. The Hall–Kier alpha value is -0.820. The predicted octanol–water partition coefficient (Wildman–Crippen LogP) is 5.15. The fourth-order valence-electron chi connectivity index (χ4n) is 4.14. The Kier molecular flexibility index (Phi) is 4.92. The Morgan fingerprint density at radius 1 is 0.818 bits per heavy atom. The average Bonchev–Trinajstić information content (AvgIpc) is 2.70. The molecule has 2 aliphatic carbocycles. The molecule has 22 heavy (non-hydrogen) atoms. The van der Waals surface area contributed by atoms with Gasteiger partial charge < -0.3 is 5.32 Å². The van der Waals surface area contributed by atoms with Gasteiger partial charge in [0, 0.05) is 12.1 Å². The van der Waals surface area contributed by atoms with E-state index in [0.29, 0.717) is 0 Å². The van der Waals surface area contributed by atoms with E-state index in [-0.39, 0.29) is 5.41 Å². The normalized spacial score (nSPS) is 23.9. The second kappa shape index (κ2) is 6.74. The molecule has 1 saturated carbocycles. The minimum Gasteiger partial charge on any atom is -0.311 e. The highest BCUT2D eigenvalue weighted by Gasteiger charge is 2.22. The van der Waals surface area contributed by atoms with Crippen LogP contribution in [0.1, 0.15) is 82.4 Å². The first kappa shape index (κ1) is 16.1. The third kappa shape index (κ3) is 3.93. The molecule has 0 heterocycles. The Morgan fingerprint density at radius 3 is 2.14 bits per heavy atom. The number of hydrogen-bond acceptors (Lipinski definition) is 1. The summed E-state index contributed by atoms with van der Waals surface area (Å²) in [5.41, 5.74) is 4.97. The summed E-state index contributed by atoms with van der Waals surface area (Å²) in [6.45, 7) is 6.95. The molecule has 1 N–H and O–H groups in total. The van der Waals surface area contributed by atoms with E-state index in [2.05, 4.69) is 44.3 Å². The van der Waals surface area contributed by atoms with E-state index >= 15 is 0 Å². The quantitative estimate of drug-likeness (QED) is 0.744. The predicted molar refractivity (Wildman–Crippen MR) is 95.6 cm³/mol. The topological polar surface area (TPSA) is 12.0 Å². The van der Waals surface area contributed by atoms with Crippen molar-refractivity contribution >= 4 is 0 Å². The van der Waals surface area contributed by atoms with Gasteiger partial charge in [-0.1, -0.05) is 58.2 Å². The minimum absolute atomic E-state index is 0.265. The van der Waals surface area contributed by atoms with Gasteiger partial charge in [-0.25, -0.2) is 0 Å². The molecule has 0 aliphatic heterocycles. The van der Waals surface area contributed by atoms with Gasteiger partial charge in [-0.3, -0.25) is 0 Å². The van der Waals surface area contributed by atoms with Crippen LogP contribution in [-0.4, -0.2) is 12.1 Å². The van der Waals surface area contributed by atoms with Gasteiger partial charge in [0.1, 0.15) is 0 Å². The summed E-state index contributed by atoms with van der Waals surface area (Å²) in [6, 6.07) is 8.77. The van der Waals surface area contributed by atoms with Crippen molar-refractivity contribution in [3.8, 4) is 0 Å². The van der Waals surface area contributed by atoms with Crippen LogP contribution in [-0.2, 0) is 18.3 Å². The summed E-state index contributed by atoms with van der Waals surface area (Å²) >= 11 is 0. The maximum Gasteiger partial charge on any atom is 0.00759 e. The van der Waals surface area contributed by atoms with Gasteiger partial charge in [0.05, 0.1) is 0 Å². The third-order valence-corrected chi connectivity index (χ3v) is 5.67. The van der Waals surface area contributed by atoms with E-state index < -0.39 is 0 Å². The second-order valence-electron chi connectivity index (χ2n) is 8.51. The number of benzene rings is 1. The van der Waals surface area contributed by atoms with Crippen LogP contribution in [0.15, 0.2) is 18.2 Å². The van der Waals surface area contributed by atoms with Crippen molar-refractivity contribution in [1.82, 2.24) is 5.32 Å². The molecule has 0 aromatic heterocycles. The van der Waals surface area contributed by atoms with Crippen LogP contribution >= 0.6 is 0 Å². The molecule has 0 radical (unpaired) electrons. The Morgan fingerprint density at radius 2 is 1.45 bits per heavy atom. The van der Waals surface area contributed by atoms with Crippen LogP contribution in [0.4, 0.5) is 0 Å². The van der Waals surface area contributed by atoms with Gasteiger partial charge in [-0.15, -0.1) is 0 Å². The van der Waals surface area contributed by atoms with Gasteiger partial charge >= 0.3 is 0 Å². The van der Waals surface area contributed by atoms with Gasteiger partial charge in [0.2, 0.25) is 0 Å². The van der Waals surface area contributed by atoms with Crippen molar-refractivity contribution in [2.45, 2.75) is 96.1 Å². The molecular weight excluding hydrogens is 266 g/mol. The number of aryl methyl sites for hydroxylation is 2. The molecule has 1 aromatic rings. The highest BCUT2D eigenvalue weighted by molar-refractivity contribution is 5.36. The van der Waals surface area contributed by atoms with E-state index in [1.165, 1.54) is 63.4 Å². The lowest BCUT2D eigenvalue weighted by Crippen LogP contribution is -2.39. The number of nitrogens with one attached hydrogen (secondary N) is 1. The van der Waals surface area contributed by atoms with E-state index in [1.807, 2.05) is 0 Å². The monoisotopic (exact) mass is 299 g/mol. The molecule has 122 valence electrons.